The van der Waals surface area contributed by atoms with Crippen molar-refractivity contribution in [3.05, 3.63) is 0 Å². The molecule has 0 bridgehead atoms. The monoisotopic (exact) mass is 794 g/mol. The Morgan fingerprint density at radius 3 is 1.74 bits per heavy atom. The van der Waals surface area contributed by atoms with Gasteiger partial charge in [-0.1, -0.05) is 0 Å². The van der Waals surface area contributed by atoms with Crippen LogP contribution in [0.1, 0.15) is 53.4 Å². The van der Waals surface area contributed by atoms with Gasteiger partial charge in [-0.3, -0.25) is 39.4 Å². The molecule has 0 aromatic rings. The summed E-state index contributed by atoms with van der Waals surface area (Å²) < 4.78 is 25.5. The van der Waals surface area contributed by atoms with E-state index in [1.54, 1.807) is 25.7 Å². The number of rotatable bonds is 15. The van der Waals surface area contributed by atoms with Gasteiger partial charge in [0.2, 0.25) is 34.8 Å². The second-order valence-electron chi connectivity index (χ2n) is 13.6. The summed E-state index contributed by atoms with van der Waals surface area (Å²) in [5, 5.41) is 18.6. The van der Waals surface area contributed by atoms with Gasteiger partial charge < -0.3 is 54.9 Å². The van der Waals surface area contributed by atoms with Gasteiger partial charge in [0.1, 0.15) is 18.8 Å². The zero-order valence-electron chi connectivity index (χ0n) is 31.5. The molecule has 21 heteroatoms. The number of alkyl carbamates (subject to hydrolysis) is 1. The number of nitrogens with zero attached hydrogens (tertiary/aromatic N) is 1. The zero-order chi connectivity index (χ0) is 40.8. The number of carboxylic acid groups (broad SMARTS) is 1. The van der Waals surface area contributed by atoms with Crippen molar-refractivity contribution in [3.8, 4) is 0 Å². The van der Waals surface area contributed by atoms with Crippen LogP contribution < -0.4 is 32.1 Å². The maximum absolute atomic E-state index is 11.9. The molecule has 0 radical (unpaired) electrons. The van der Waals surface area contributed by atoms with Crippen LogP contribution in [0, 0.1) is 10.8 Å². The molecule has 4 rings (SSSR count). The second kappa shape index (κ2) is 24.6. The van der Waals surface area contributed by atoms with E-state index in [0.717, 1.165) is 20.0 Å². The zero-order valence-corrected chi connectivity index (χ0v) is 32.2. The van der Waals surface area contributed by atoms with Gasteiger partial charge in [-0.2, -0.15) is 0 Å². The van der Waals surface area contributed by atoms with Gasteiger partial charge in [0.15, 0.2) is 0 Å². The van der Waals surface area contributed by atoms with Crippen molar-refractivity contribution >= 4 is 58.4 Å². The van der Waals surface area contributed by atoms with Crippen LogP contribution in [0.5, 0.6) is 0 Å². The Hall–Kier alpha value is -3.79. The van der Waals surface area contributed by atoms with Crippen LogP contribution in [0.4, 0.5) is 4.79 Å². The lowest BCUT2D eigenvalue weighted by Crippen LogP contribution is -2.67. The van der Waals surface area contributed by atoms with E-state index in [1.165, 1.54) is 0 Å². The average Bonchev–Trinajstić information content (AvgIpc) is 3.02. The first-order valence-electron chi connectivity index (χ1n) is 17.4. The van der Waals surface area contributed by atoms with E-state index in [1.807, 2.05) is 0 Å². The van der Waals surface area contributed by atoms with Crippen LogP contribution in [-0.4, -0.2) is 149 Å². The van der Waals surface area contributed by atoms with Gasteiger partial charge in [-0.15, -0.1) is 0 Å². The highest BCUT2D eigenvalue weighted by Crippen LogP contribution is 2.37. The minimum atomic E-state index is -1.08. The second-order valence-corrected chi connectivity index (χ2v) is 14.0. The van der Waals surface area contributed by atoms with Crippen molar-refractivity contribution < 1.29 is 72.9 Å². The fraction of sp³-hybridized carbons (Fsp3) is 0.758. The number of imide groups is 2. The molecule has 0 aromatic heterocycles. The molecule has 20 nitrogen and oxygen atoms in total. The number of halogens is 1. The van der Waals surface area contributed by atoms with Gasteiger partial charge in [0.05, 0.1) is 57.0 Å². The van der Waals surface area contributed by atoms with Gasteiger partial charge in [0.25, 0.3) is 0 Å². The smallest absolute Gasteiger partial charge is 0.407 e. The van der Waals surface area contributed by atoms with Crippen LogP contribution in [0.15, 0.2) is 0 Å². The highest BCUT2D eigenvalue weighted by Gasteiger charge is 2.53. The summed E-state index contributed by atoms with van der Waals surface area (Å²) in [7, 11) is 0. The first kappa shape index (κ1) is 48.2. The summed E-state index contributed by atoms with van der Waals surface area (Å²) in [6.45, 7) is 11.8. The maximum atomic E-state index is 11.9. The summed E-state index contributed by atoms with van der Waals surface area (Å²) in [5.41, 5.74) is 2.33. The third-order valence-electron chi connectivity index (χ3n) is 7.79. The minimum Gasteiger partial charge on any atom is -0.550 e. The van der Waals surface area contributed by atoms with Crippen molar-refractivity contribution in [1.82, 2.24) is 26.2 Å². The number of hydrogen-bond acceptors (Lipinski definition) is 15. The van der Waals surface area contributed by atoms with E-state index < -0.39 is 28.3 Å². The minimum absolute atomic E-state index is 0.00956. The molecular weight excluding hydrogens is 740 g/mol. The lowest BCUT2D eigenvalue weighted by Gasteiger charge is -2.50. The summed E-state index contributed by atoms with van der Waals surface area (Å²) in [6, 6.07) is 0. The van der Waals surface area contributed by atoms with Crippen LogP contribution in [0.2, 0.25) is 0 Å². The number of aliphatic carboxylic acids is 1. The molecule has 4 heterocycles. The predicted molar refractivity (Wildman–Crippen MR) is 186 cm³/mol. The number of carboxylic acids is 1. The fourth-order valence-electron chi connectivity index (χ4n) is 4.99. The Bertz CT molecular complexity index is 1280. The topological polar surface area (TPSA) is 285 Å². The Labute approximate surface area is 319 Å². The molecule has 0 atom stereocenters. The number of carbonyl (C=O) groups excluding carboxylic acids is 8. The van der Waals surface area contributed by atoms with Crippen molar-refractivity contribution in [2.45, 2.75) is 59.0 Å². The highest BCUT2D eigenvalue weighted by atomic mass is 35.5. The summed E-state index contributed by atoms with van der Waals surface area (Å²) >= 11 is 5.06. The Morgan fingerprint density at radius 2 is 1.30 bits per heavy atom. The van der Waals surface area contributed by atoms with E-state index in [9.17, 15) is 33.6 Å². The molecule has 0 aliphatic carbocycles. The van der Waals surface area contributed by atoms with Gasteiger partial charge >= 0.3 is 6.09 Å². The first-order chi connectivity index (χ1) is 25.3. The number of amides is 6. The number of likely N-dealkylation sites (tertiary alicyclic amines) is 1. The summed E-state index contributed by atoms with van der Waals surface area (Å²) in [6.07, 6.45) is 1.59. The number of carbonyl (C=O) groups is 8. The predicted octanol–water partition coefficient (Wildman–Crippen LogP) is -3.39. The molecule has 7 N–H and O–H groups in total. The van der Waals surface area contributed by atoms with Crippen LogP contribution in [0.25, 0.3) is 0 Å². The van der Waals surface area contributed by atoms with Crippen molar-refractivity contribution in [2.24, 2.45) is 10.8 Å². The van der Waals surface area contributed by atoms with Crippen LogP contribution >= 0.6 is 11.6 Å². The SMILES string of the molecule is CC(=O)[O-].CC(C)(C)OC(=O)NCCOCCOCC(=O)Cl.O=C1CCC2(CNC2)C(=O)N1.[NH3+]CCOCCOCC(=O)N1CC2(CCC(=O)NC2=O)C1. The molecule has 2 spiro atoms. The van der Waals surface area contributed by atoms with Crippen LogP contribution in [0.3, 0.4) is 0 Å². The third kappa shape index (κ3) is 19.5. The lowest BCUT2D eigenvalue weighted by molar-refractivity contribution is -0.374. The lowest BCUT2D eigenvalue weighted by atomic mass is 9.73. The number of ether oxygens (including phenoxy) is 5. The molecule has 4 aliphatic heterocycles. The number of nitrogens with one attached hydrogen (secondary N) is 4. The van der Waals surface area contributed by atoms with E-state index >= 15 is 0 Å². The summed E-state index contributed by atoms with van der Waals surface area (Å²) in [5.74, 6) is -1.94. The van der Waals surface area contributed by atoms with Crippen molar-refractivity contribution in [1.29, 1.82) is 0 Å². The van der Waals surface area contributed by atoms with Crippen molar-refractivity contribution in [2.75, 3.05) is 92.1 Å². The number of quaternary nitrogens is 1. The standard InChI is InChI=1S/C13H21N3O5.C11H20ClNO5.C7H10N2O2.C2H4O2/c14-3-4-20-5-6-21-7-11(18)16-8-13(9-16)2-1-10(17)15-12(13)19;1-11(2,3)18-10(15)13-4-5-16-6-7-17-8-9(12)14;10-5-1-2-7(3-8-4-7)6(11)9-5;1-2(3)4/h1-9,14H2,(H,15,17,19);4-8H2,1-3H3,(H,13,15);8H,1-4H2,(H,9,10,11);1H3,(H,3,4). The van der Waals surface area contributed by atoms with Gasteiger partial charge in [-0.25, -0.2) is 4.79 Å². The highest BCUT2D eigenvalue weighted by molar-refractivity contribution is 6.63. The molecule has 4 fully saturated rings. The molecule has 6 amide bonds. The number of hydrogen-bond donors (Lipinski definition) is 5. The molecule has 0 unspecified atom stereocenters. The normalized spacial score (nSPS) is 17.8. The molecular formula is C33H55ClN6O14. The summed E-state index contributed by atoms with van der Waals surface area (Å²) in [4.78, 5) is 88.8. The largest absolute Gasteiger partial charge is 0.550 e. The Kier molecular flexibility index (Phi) is 22.0. The maximum Gasteiger partial charge on any atom is 0.407 e. The van der Waals surface area contributed by atoms with E-state index in [-0.39, 0.29) is 54.8 Å². The molecule has 0 saturated carbocycles. The Morgan fingerprint density at radius 1 is 0.815 bits per heavy atom. The van der Waals surface area contributed by atoms with Gasteiger partial charge in [0, 0.05) is 51.5 Å². The van der Waals surface area contributed by atoms with E-state index in [0.29, 0.717) is 84.9 Å². The molecule has 4 aliphatic rings. The molecule has 0 aromatic carbocycles. The molecule has 54 heavy (non-hydrogen) atoms. The first-order valence-corrected chi connectivity index (χ1v) is 17.8. The number of piperidine rings is 2. The van der Waals surface area contributed by atoms with Gasteiger partial charge in [-0.05, 0) is 52.1 Å². The quantitative estimate of drug-likeness (QED) is 0.0614. The fourth-order valence-corrected chi connectivity index (χ4v) is 5.06. The average molecular weight is 795 g/mol. The molecule has 308 valence electrons. The molecule has 4 saturated heterocycles. The van der Waals surface area contributed by atoms with Crippen LogP contribution in [-0.2, 0) is 57.2 Å². The van der Waals surface area contributed by atoms with Crippen molar-refractivity contribution in [3.63, 3.8) is 0 Å². The Balaban J connectivity index is 0.000000399. The van der Waals surface area contributed by atoms with E-state index in [4.69, 9.17) is 45.2 Å². The van der Waals surface area contributed by atoms with E-state index in [2.05, 4.69) is 27.0 Å². The third-order valence-corrected chi connectivity index (χ3v) is 7.89.